The summed E-state index contributed by atoms with van der Waals surface area (Å²) in [5.74, 6) is 0.140. The first kappa shape index (κ1) is 19.6. The number of alkyl halides is 1. The van der Waals surface area contributed by atoms with Crippen LogP contribution in [-0.4, -0.2) is 53.0 Å². The predicted octanol–water partition coefficient (Wildman–Crippen LogP) is 1.95. The Morgan fingerprint density at radius 2 is 2.15 bits per heavy atom. The van der Waals surface area contributed by atoms with Gasteiger partial charge in [-0.15, -0.1) is 14.5 Å². The summed E-state index contributed by atoms with van der Waals surface area (Å²) < 4.78 is 14.5. The van der Waals surface area contributed by atoms with Crippen LogP contribution in [0.4, 0.5) is 15.1 Å². The molecule has 0 radical (unpaired) electrons. The lowest BCUT2D eigenvalue weighted by Gasteiger charge is -2.21. The number of hydrogen-bond acceptors (Lipinski definition) is 5. The highest BCUT2D eigenvalue weighted by molar-refractivity contribution is 6.30. The molecule has 0 fully saturated rings. The summed E-state index contributed by atoms with van der Waals surface area (Å²) in [6.07, 6.45) is 1.43. The van der Waals surface area contributed by atoms with E-state index >= 15 is 0 Å². The lowest BCUT2D eigenvalue weighted by Crippen LogP contribution is -2.49. The van der Waals surface area contributed by atoms with E-state index in [9.17, 15) is 14.0 Å². The highest BCUT2D eigenvalue weighted by Gasteiger charge is 2.25. The van der Waals surface area contributed by atoms with Gasteiger partial charge in [0.2, 0.25) is 5.95 Å². The van der Waals surface area contributed by atoms with E-state index in [2.05, 4.69) is 15.5 Å². The Bertz CT molecular complexity index is 887. The lowest BCUT2D eigenvalue weighted by atomic mass is 10.1. The molecule has 0 saturated heterocycles. The van der Waals surface area contributed by atoms with Crippen molar-refractivity contribution in [3.05, 3.63) is 45.3 Å². The summed E-state index contributed by atoms with van der Waals surface area (Å²) in [7, 11) is 3.31. The Balaban J connectivity index is 2.42. The molecule has 1 amide bonds. The quantitative estimate of drug-likeness (QED) is 0.801. The van der Waals surface area contributed by atoms with Crippen molar-refractivity contribution in [2.75, 3.05) is 25.7 Å². The number of carbonyl (C=O) groups excluding carboxylic acids is 1. The number of halogens is 2. The Morgan fingerprint density at radius 3 is 2.73 bits per heavy atom. The minimum absolute atomic E-state index is 0.140. The van der Waals surface area contributed by atoms with Crippen LogP contribution in [0.15, 0.2) is 34.2 Å². The molecule has 0 spiro atoms. The Kier molecular flexibility index (Phi) is 5.81. The minimum Gasteiger partial charge on any atom is -0.346 e. The zero-order chi connectivity index (χ0) is 19.5. The first-order chi connectivity index (χ1) is 12.1. The molecule has 1 aromatic heterocycles. The summed E-state index contributed by atoms with van der Waals surface area (Å²) in [4.78, 5) is 26.3. The molecule has 0 atom stereocenters. The molecular weight excluding hydrogens is 363 g/mol. The van der Waals surface area contributed by atoms with E-state index in [0.29, 0.717) is 15.3 Å². The van der Waals surface area contributed by atoms with E-state index in [0.717, 1.165) is 4.68 Å². The van der Waals surface area contributed by atoms with Crippen LogP contribution in [0.3, 0.4) is 0 Å². The second-order valence-corrected chi connectivity index (χ2v) is 6.88. The third-order valence-corrected chi connectivity index (χ3v) is 3.52. The second-order valence-electron chi connectivity index (χ2n) is 6.45. The van der Waals surface area contributed by atoms with E-state index in [4.69, 9.17) is 11.6 Å². The van der Waals surface area contributed by atoms with Crippen molar-refractivity contribution in [1.29, 1.82) is 0 Å². The molecule has 0 unspecified atom stereocenters. The first-order valence-corrected chi connectivity index (χ1v) is 8.10. The van der Waals surface area contributed by atoms with Gasteiger partial charge in [0.1, 0.15) is 6.67 Å². The van der Waals surface area contributed by atoms with Crippen LogP contribution in [0, 0.1) is 0 Å². The fraction of sp³-hybridized carbons (Fsp3) is 0.375. The number of carbonyl (C=O) groups is 1. The maximum atomic E-state index is 12.9. The number of anilines is 1. The van der Waals surface area contributed by atoms with Crippen LogP contribution in [0.2, 0.25) is 5.02 Å². The maximum Gasteiger partial charge on any atom is 0.377 e. The number of nitrogens with zero attached hydrogens (tertiary/aromatic N) is 5. The van der Waals surface area contributed by atoms with Gasteiger partial charge in [-0.05, 0) is 31.5 Å². The number of aromatic nitrogens is 3. The van der Waals surface area contributed by atoms with Crippen LogP contribution >= 0.6 is 11.6 Å². The topological polar surface area (TPSA) is 84.5 Å². The summed E-state index contributed by atoms with van der Waals surface area (Å²) >= 11 is 5.92. The van der Waals surface area contributed by atoms with Gasteiger partial charge in [-0.2, -0.15) is 5.10 Å². The summed E-state index contributed by atoms with van der Waals surface area (Å²) in [5.41, 5.74) is -1.23. The van der Waals surface area contributed by atoms with Gasteiger partial charge in [-0.1, -0.05) is 23.7 Å². The maximum absolute atomic E-state index is 12.9. The zero-order valence-electron chi connectivity index (χ0n) is 14.9. The Hall–Kier alpha value is -2.68. The molecule has 10 heteroatoms. The highest BCUT2D eigenvalue weighted by atomic mass is 35.5. The van der Waals surface area contributed by atoms with E-state index in [-0.39, 0.29) is 5.95 Å². The van der Waals surface area contributed by atoms with Crippen LogP contribution in [0.1, 0.15) is 19.4 Å². The SMILES string of the molecule is CN(C)c1nn(C(=O)NC(C)(C)CF)c(=O)n1/N=C/c1cccc(Cl)c1. The molecule has 140 valence electrons. The van der Waals surface area contributed by atoms with Crippen molar-refractivity contribution in [2.45, 2.75) is 19.4 Å². The molecule has 0 aliphatic rings. The van der Waals surface area contributed by atoms with Crippen LogP contribution in [0.5, 0.6) is 0 Å². The van der Waals surface area contributed by atoms with E-state index in [1.807, 2.05) is 0 Å². The van der Waals surface area contributed by atoms with Gasteiger partial charge in [0, 0.05) is 19.1 Å². The van der Waals surface area contributed by atoms with Gasteiger partial charge in [0.15, 0.2) is 0 Å². The predicted molar refractivity (Wildman–Crippen MR) is 99.2 cm³/mol. The zero-order valence-corrected chi connectivity index (χ0v) is 15.7. The van der Waals surface area contributed by atoms with Gasteiger partial charge >= 0.3 is 11.7 Å². The average Bonchev–Trinajstić information content (AvgIpc) is 2.90. The number of nitrogens with one attached hydrogen (secondary N) is 1. The van der Waals surface area contributed by atoms with Gasteiger partial charge in [-0.25, -0.2) is 14.0 Å². The fourth-order valence-electron chi connectivity index (χ4n) is 1.95. The van der Waals surface area contributed by atoms with Gasteiger partial charge in [0.25, 0.3) is 0 Å². The summed E-state index contributed by atoms with van der Waals surface area (Å²) in [6.45, 7) is 2.20. The average molecular weight is 383 g/mol. The van der Waals surface area contributed by atoms with E-state index in [1.165, 1.54) is 25.0 Å². The molecule has 1 N–H and O–H groups in total. The van der Waals surface area contributed by atoms with Crippen molar-refractivity contribution < 1.29 is 9.18 Å². The molecule has 0 bridgehead atoms. The molecule has 8 nitrogen and oxygen atoms in total. The van der Waals surface area contributed by atoms with Crippen molar-refractivity contribution >= 4 is 29.8 Å². The molecule has 2 aromatic rings. The van der Waals surface area contributed by atoms with Crippen molar-refractivity contribution in [3.8, 4) is 0 Å². The molecule has 2 rings (SSSR count). The van der Waals surface area contributed by atoms with Crippen molar-refractivity contribution in [3.63, 3.8) is 0 Å². The third-order valence-electron chi connectivity index (χ3n) is 3.28. The van der Waals surface area contributed by atoms with Crippen molar-refractivity contribution in [1.82, 2.24) is 19.8 Å². The monoisotopic (exact) mass is 382 g/mol. The highest BCUT2D eigenvalue weighted by Crippen LogP contribution is 2.10. The normalized spacial score (nSPS) is 11.8. The third kappa shape index (κ3) is 4.48. The first-order valence-electron chi connectivity index (χ1n) is 7.72. The van der Waals surface area contributed by atoms with Gasteiger partial charge in [-0.3, -0.25) is 0 Å². The van der Waals surface area contributed by atoms with Crippen molar-refractivity contribution in [2.24, 2.45) is 5.10 Å². The van der Waals surface area contributed by atoms with Crippen LogP contribution < -0.4 is 15.9 Å². The van der Waals surface area contributed by atoms with Crippen LogP contribution in [-0.2, 0) is 0 Å². The Labute approximate surface area is 154 Å². The Morgan fingerprint density at radius 1 is 1.46 bits per heavy atom. The molecule has 26 heavy (non-hydrogen) atoms. The number of benzene rings is 1. The standard InChI is InChI=1S/C16H20ClFN6O2/c1-16(2,10-18)20-14(25)24-15(26)23(13(21-24)22(3)4)19-9-11-6-5-7-12(17)8-11/h5-9H,10H2,1-4H3,(H,20,25)/b19-9+. The summed E-state index contributed by atoms with van der Waals surface area (Å²) in [6, 6.07) is 6.06. The lowest BCUT2D eigenvalue weighted by molar-refractivity contribution is 0.218. The number of rotatable bonds is 5. The molecule has 0 aliphatic heterocycles. The van der Waals surface area contributed by atoms with E-state index < -0.39 is 23.9 Å². The fourth-order valence-corrected chi connectivity index (χ4v) is 2.15. The molecule has 1 heterocycles. The smallest absolute Gasteiger partial charge is 0.346 e. The molecule has 0 saturated carbocycles. The van der Waals surface area contributed by atoms with Gasteiger partial charge < -0.3 is 10.2 Å². The molecular formula is C16H20ClFN6O2. The summed E-state index contributed by atoms with van der Waals surface area (Å²) in [5, 5.41) is 11.0. The van der Waals surface area contributed by atoms with Gasteiger partial charge in [0.05, 0.1) is 11.8 Å². The molecule has 0 aliphatic carbocycles. The minimum atomic E-state index is -1.12. The van der Waals surface area contributed by atoms with Crippen LogP contribution in [0.25, 0.3) is 0 Å². The number of amides is 1. The number of hydrogen-bond donors (Lipinski definition) is 1. The molecule has 1 aromatic carbocycles. The van der Waals surface area contributed by atoms with E-state index in [1.54, 1.807) is 38.4 Å². The second kappa shape index (κ2) is 7.69. The largest absolute Gasteiger partial charge is 0.377 e.